The van der Waals surface area contributed by atoms with Crippen LogP contribution in [0.5, 0.6) is 0 Å². The van der Waals surface area contributed by atoms with Crippen molar-refractivity contribution in [3.8, 4) is 0 Å². The van der Waals surface area contributed by atoms with Gasteiger partial charge >= 0.3 is 7.55 Å². The SMILES string of the molecule is CC1=CC(C)N2[B]n3c(C)cc(C)c3C=C12. The molecule has 0 bridgehead atoms. The third kappa shape index (κ3) is 1.14. The summed E-state index contributed by atoms with van der Waals surface area (Å²) in [7, 11) is 2.23. The van der Waals surface area contributed by atoms with Crippen molar-refractivity contribution in [1.29, 1.82) is 0 Å². The smallest absolute Gasteiger partial charge is 0.392 e. The van der Waals surface area contributed by atoms with Gasteiger partial charge in [0.2, 0.25) is 0 Å². The second-order valence-corrected chi connectivity index (χ2v) is 4.87. The number of allylic oxidation sites excluding steroid dienone is 1. The normalized spacial score (nSPS) is 22.2. The topological polar surface area (TPSA) is 8.17 Å². The van der Waals surface area contributed by atoms with Crippen LogP contribution >= 0.6 is 0 Å². The molecule has 2 aliphatic heterocycles. The molecule has 1 unspecified atom stereocenters. The predicted octanol–water partition coefficient (Wildman–Crippen LogP) is 2.49. The quantitative estimate of drug-likeness (QED) is 0.598. The summed E-state index contributed by atoms with van der Waals surface area (Å²) < 4.78 is 2.28. The molecule has 0 aliphatic carbocycles. The lowest BCUT2D eigenvalue weighted by Gasteiger charge is -2.30. The monoisotopic (exact) mass is 211 g/mol. The molecule has 0 saturated carbocycles. The molecule has 0 fully saturated rings. The Morgan fingerprint density at radius 2 is 2.00 bits per heavy atom. The van der Waals surface area contributed by atoms with E-state index >= 15 is 0 Å². The molecule has 81 valence electrons. The lowest BCUT2D eigenvalue weighted by Crippen LogP contribution is -2.38. The van der Waals surface area contributed by atoms with Crippen LogP contribution in [0.2, 0.25) is 0 Å². The van der Waals surface area contributed by atoms with Crippen LogP contribution in [0.15, 0.2) is 23.4 Å². The van der Waals surface area contributed by atoms with Gasteiger partial charge in [0, 0.05) is 23.1 Å². The van der Waals surface area contributed by atoms with Gasteiger partial charge in [0.25, 0.3) is 0 Å². The first-order valence-corrected chi connectivity index (χ1v) is 5.80. The molecule has 2 nitrogen and oxygen atoms in total. The van der Waals surface area contributed by atoms with Crippen molar-refractivity contribution in [3.63, 3.8) is 0 Å². The van der Waals surface area contributed by atoms with E-state index in [4.69, 9.17) is 0 Å². The standard InChI is InChI=1S/C13H16BN2/c1-8-5-10(3)15-12(8)7-13-9(2)6-11(4)16(13)14-15/h5-7,10H,1-4H3. The first-order valence-electron chi connectivity index (χ1n) is 5.80. The summed E-state index contributed by atoms with van der Waals surface area (Å²) >= 11 is 0. The largest absolute Gasteiger partial charge is 0.396 e. The van der Waals surface area contributed by atoms with Gasteiger partial charge in [-0.15, -0.1) is 0 Å². The molecule has 1 aromatic heterocycles. The Morgan fingerprint density at radius 3 is 2.75 bits per heavy atom. The molecule has 1 radical (unpaired) electrons. The number of hydrogen-bond acceptors (Lipinski definition) is 1. The lowest BCUT2D eigenvalue weighted by molar-refractivity contribution is 0.512. The highest BCUT2D eigenvalue weighted by molar-refractivity contribution is 6.33. The highest BCUT2D eigenvalue weighted by Crippen LogP contribution is 2.33. The van der Waals surface area contributed by atoms with Crippen LogP contribution in [0.1, 0.15) is 30.8 Å². The van der Waals surface area contributed by atoms with Crippen molar-refractivity contribution in [1.82, 2.24) is 9.29 Å². The molecule has 1 aromatic rings. The summed E-state index contributed by atoms with van der Waals surface area (Å²) in [5.41, 5.74) is 6.72. The zero-order valence-electron chi connectivity index (χ0n) is 10.3. The minimum atomic E-state index is 0.474. The molecular weight excluding hydrogens is 195 g/mol. The van der Waals surface area contributed by atoms with Crippen molar-refractivity contribution < 1.29 is 0 Å². The molecule has 0 N–H and O–H groups in total. The second kappa shape index (κ2) is 3.06. The van der Waals surface area contributed by atoms with Crippen LogP contribution in [0, 0.1) is 13.8 Å². The van der Waals surface area contributed by atoms with Gasteiger partial charge in [-0.2, -0.15) is 0 Å². The lowest BCUT2D eigenvalue weighted by atomic mass is 9.98. The number of aryl methyl sites for hydroxylation is 2. The Hall–Kier alpha value is -1.38. The third-order valence-electron chi connectivity index (χ3n) is 3.59. The van der Waals surface area contributed by atoms with Gasteiger partial charge in [-0.25, -0.2) is 0 Å². The van der Waals surface area contributed by atoms with Gasteiger partial charge in [0.1, 0.15) is 0 Å². The fraction of sp³-hybridized carbons (Fsp3) is 0.385. The van der Waals surface area contributed by atoms with Crippen molar-refractivity contribution >= 4 is 13.6 Å². The molecule has 1 atom stereocenters. The zero-order valence-corrected chi connectivity index (χ0v) is 10.3. The number of fused-ring (bicyclic) bond motifs is 2. The van der Waals surface area contributed by atoms with Crippen LogP contribution in [-0.2, 0) is 0 Å². The summed E-state index contributed by atoms with van der Waals surface area (Å²) in [5, 5.41) is 0. The van der Waals surface area contributed by atoms with Crippen LogP contribution in [0.4, 0.5) is 0 Å². The van der Waals surface area contributed by atoms with E-state index in [0.717, 1.165) is 0 Å². The number of rotatable bonds is 0. The fourth-order valence-corrected chi connectivity index (χ4v) is 2.73. The van der Waals surface area contributed by atoms with E-state index in [1.807, 2.05) is 0 Å². The Balaban J connectivity index is 2.17. The number of nitrogens with zero attached hydrogens (tertiary/aromatic N) is 2. The maximum absolute atomic E-state index is 2.34. The Kier molecular flexibility index (Phi) is 1.88. The number of aromatic nitrogens is 1. The van der Waals surface area contributed by atoms with Crippen molar-refractivity contribution in [2.75, 3.05) is 0 Å². The van der Waals surface area contributed by atoms with E-state index < -0.39 is 0 Å². The van der Waals surface area contributed by atoms with Gasteiger partial charge in [0.15, 0.2) is 0 Å². The maximum atomic E-state index is 2.34. The van der Waals surface area contributed by atoms with E-state index in [9.17, 15) is 0 Å². The summed E-state index contributed by atoms with van der Waals surface area (Å²) in [6.45, 7) is 8.76. The molecule has 3 heterocycles. The molecule has 0 aromatic carbocycles. The summed E-state index contributed by atoms with van der Waals surface area (Å²) in [5.74, 6) is 0. The average molecular weight is 211 g/mol. The first kappa shape index (κ1) is 9.82. The van der Waals surface area contributed by atoms with Gasteiger partial charge in [0.05, 0.1) is 0 Å². The van der Waals surface area contributed by atoms with E-state index in [-0.39, 0.29) is 0 Å². The van der Waals surface area contributed by atoms with Gasteiger partial charge in [-0.05, 0) is 51.0 Å². The second-order valence-electron chi connectivity index (χ2n) is 4.87. The summed E-state index contributed by atoms with van der Waals surface area (Å²) in [4.78, 5) is 2.34. The minimum Gasteiger partial charge on any atom is -0.392 e. The Morgan fingerprint density at radius 1 is 1.25 bits per heavy atom. The highest BCUT2D eigenvalue weighted by Gasteiger charge is 2.30. The molecule has 0 spiro atoms. The van der Waals surface area contributed by atoms with Crippen LogP contribution in [-0.4, -0.2) is 22.9 Å². The molecular formula is C13H16BN2. The number of hydrogen-bond donors (Lipinski definition) is 0. The van der Waals surface area contributed by atoms with E-state index in [0.29, 0.717) is 6.04 Å². The van der Waals surface area contributed by atoms with E-state index in [1.165, 1.54) is 28.2 Å². The molecule has 3 rings (SSSR count). The van der Waals surface area contributed by atoms with Crippen molar-refractivity contribution in [3.05, 3.63) is 40.4 Å². The molecule has 16 heavy (non-hydrogen) atoms. The molecule has 2 aliphatic rings. The summed E-state index contributed by atoms with van der Waals surface area (Å²) in [6.07, 6.45) is 4.62. The van der Waals surface area contributed by atoms with Gasteiger partial charge in [-0.1, -0.05) is 6.08 Å². The van der Waals surface area contributed by atoms with E-state index in [2.05, 4.69) is 62.8 Å². The minimum absolute atomic E-state index is 0.474. The average Bonchev–Trinajstić information content (AvgIpc) is 2.67. The van der Waals surface area contributed by atoms with Crippen LogP contribution < -0.4 is 0 Å². The van der Waals surface area contributed by atoms with Crippen LogP contribution in [0.25, 0.3) is 6.08 Å². The molecule has 0 saturated heterocycles. The molecule has 0 amide bonds. The Labute approximate surface area is 97.5 Å². The fourth-order valence-electron chi connectivity index (χ4n) is 2.73. The highest BCUT2D eigenvalue weighted by atomic mass is 15.2. The predicted molar refractivity (Wildman–Crippen MR) is 68.1 cm³/mol. The van der Waals surface area contributed by atoms with Crippen molar-refractivity contribution in [2.45, 2.75) is 33.7 Å². The first-order chi connectivity index (χ1) is 7.58. The van der Waals surface area contributed by atoms with Crippen molar-refractivity contribution in [2.24, 2.45) is 0 Å². The van der Waals surface area contributed by atoms with Gasteiger partial charge in [-0.3, -0.25) is 0 Å². The maximum Gasteiger partial charge on any atom is 0.396 e. The Bertz CT molecular complexity index is 522. The zero-order chi connectivity index (χ0) is 11.4. The van der Waals surface area contributed by atoms with E-state index in [1.54, 1.807) is 0 Å². The third-order valence-corrected chi connectivity index (χ3v) is 3.59. The van der Waals surface area contributed by atoms with Crippen LogP contribution in [0.3, 0.4) is 0 Å². The molecule has 3 heteroatoms. The van der Waals surface area contributed by atoms with Gasteiger partial charge < -0.3 is 9.29 Å². The summed E-state index contributed by atoms with van der Waals surface area (Å²) in [6, 6.07) is 2.72.